The molecule has 2 heterocycles. The number of imidazole rings is 1. The third-order valence-corrected chi connectivity index (χ3v) is 4.26. The van der Waals surface area contributed by atoms with Crippen LogP contribution >= 0.6 is 11.6 Å². The number of alkyl halides is 3. The van der Waals surface area contributed by atoms with E-state index in [1.807, 2.05) is 4.72 Å². The minimum Gasteiger partial charge on any atom is -0.288 e. The lowest BCUT2D eigenvalue weighted by Gasteiger charge is -2.08. The van der Waals surface area contributed by atoms with Gasteiger partial charge in [-0.05, 0) is 12.1 Å². The molecule has 110 valence electrons. The Kier molecular flexibility index (Phi) is 3.94. The van der Waals surface area contributed by atoms with Gasteiger partial charge in [0.05, 0.1) is 6.42 Å². The van der Waals surface area contributed by atoms with Crippen molar-refractivity contribution < 1.29 is 21.6 Å². The lowest BCUT2D eigenvalue weighted by atomic mass is 10.4. The Morgan fingerprint density at radius 1 is 1.35 bits per heavy atom. The van der Waals surface area contributed by atoms with Crippen LogP contribution in [-0.4, -0.2) is 30.5 Å². The summed E-state index contributed by atoms with van der Waals surface area (Å²) in [6, 6.07) is 4.71. The van der Waals surface area contributed by atoms with E-state index in [0.717, 1.165) is 0 Å². The van der Waals surface area contributed by atoms with Gasteiger partial charge in [-0.25, -0.2) is 18.1 Å². The van der Waals surface area contributed by atoms with Gasteiger partial charge in [0, 0.05) is 12.7 Å². The Balaban J connectivity index is 2.30. The van der Waals surface area contributed by atoms with E-state index in [0.29, 0.717) is 0 Å². The number of rotatable bonds is 4. The maximum Gasteiger partial charge on any atom is 0.390 e. The number of nitrogens with one attached hydrogen (secondary N) is 1. The van der Waals surface area contributed by atoms with E-state index in [9.17, 15) is 21.6 Å². The van der Waals surface area contributed by atoms with Gasteiger partial charge in [0.1, 0.15) is 5.65 Å². The summed E-state index contributed by atoms with van der Waals surface area (Å²) in [6.45, 7) is -0.762. The lowest BCUT2D eigenvalue weighted by Crippen LogP contribution is -2.29. The van der Waals surface area contributed by atoms with Crippen LogP contribution in [0.25, 0.3) is 5.65 Å². The van der Waals surface area contributed by atoms with Gasteiger partial charge in [0.25, 0.3) is 10.0 Å². The third kappa shape index (κ3) is 3.22. The van der Waals surface area contributed by atoms with Crippen molar-refractivity contribution in [1.29, 1.82) is 0 Å². The largest absolute Gasteiger partial charge is 0.390 e. The summed E-state index contributed by atoms with van der Waals surface area (Å²) < 4.78 is 63.1. The van der Waals surface area contributed by atoms with Crippen LogP contribution in [0.3, 0.4) is 0 Å². The smallest absolute Gasteiger partial charge is 0.288 e. The average Bonchev–Trinajstić information content (AvgIpc) is 2.63. The Bertz CT molecular complexity index is 727. The molecule has 20 heavy (non-hydrogen) atoms. The van der Waals surface area contributed by atoms with Crippen molar-refractivity contribution in [2.24, 2.45) is 0 Å². The molecule has 5 nitrogen and oxygen atoms in total. The molecular formula is C10H9ClF3N3O2S. The topological polar surface area (TPSA) is 63.5 Å². The quantitative estimate of drug-likeness (QED) is 0.936. The Hall–Kier alpha value is -1.32. The molecule has 0 aliphatic carbocycles. The van der Waals surface area contributed by atoms with Gasteiger partial charge in [-0.2, -0.15) is 13.2 Å². The standard InChI is InChI=1S/C10H9ClF3N3O2S/c11-8-9(17-6-2-1-3-7(17)16-8)20(18,19)15-5-4-10(12,13)14/h1-3,6,15H,4-5H2. The van der Waals surface area contributed by atoms with Crippen LogP contribution < -0.4 is 4.72 Å². The van der Waals surface area contributed by atoms with Gasteiger partial charge in [0.2, 0.25) is 0 Å². The van der Waals surface area contributed by atoms with Crippen molar-refractivity contribution in [3.63, 3.8) is 0 Å². The fraction of sp³-hybridized carbons (Fsp3) is 0.300. The first-order valence-corrected chi connectivity index (χ1v) is 7.26. The van der Waals surface area contributed by atoms with E-state index in [4.69, 9.17) is 11.6 Å². The van der Waals surface area contributed by atoms with Gasteiger partial charge in [-0.1, -0.05) is 17.7 Å². The van der Waals surface area contributed by atoms with Crippen LogP contribution in [0.1, 0.15) is 6.42 Å². The third-order valence-electron chi connectivity index (χ3n) is 2.40. The maximum atomic E-state index is 12.0. The summed E-state index contributed by atoms with van der Waals surface area (Å²) in [5.41, 5.74) is 0.286. The molecule has 0 unspecified atom stereocenters. The first kappa shape index (κ1) is 15.1. The summed E-state index contributed by atoms with van der Waals surface area (Å²) in [4.78, 5) is 3.82. The first-order chi connectivity index (χ1) is 9.21. The molecule has 10 heteroatoms. The number of hydrogen-bond acceptors (Lipinski definition) is 3. The molecule has 0 aliphatic heterocycles. The second-order valence-corrected chi connectivity index (χ2v) is 5.94. The Labute approximate surface area is 117 Å². The van der Waals surface area contributed by atoms with Crippen molar-refractivity contribution in [3.05, 3.63) is 29.5 Å². The highest BCUT2D eigenvalue weighted by molar-refractivity contribution is 7.89. The van der Waals surface area contributed by atoms with Crippen LogP contribution in [0.2, 0.25) is 5.15 Å². The summed E-state index contributed by atoms with van der Waals surface area (Å²) >= 11 is 5.75. The summed E-state index contributed by atoms with van der Waals surface area (Å²) in [6.07, 6.45) is -4.29. The summed E-state index contributed by atoms with van der Waals surface area (Å²) in [5, 5.41) is -0.673. The fourth-order valence-corrected chi connectivity index (χ4v) is 3.25. The second-order valence-electron chi connectivity index (χ2n) is 3.90. The zero-order valence-electron chi connectivity index (χ0n) is 9.85. The minimum atomic E-state index is -4.44. The van der Waals surface area contributed by atoms with Crippen molar-refractivity contribution in [1.82, 2.24) is 14.1 Å². The average molecular weight is 328 g/mol. The molecule has 0 saturated heterocycles. The molecule has 2 aromatic rings. The molecule has 0 aliphatic rings. The number of fused-ring (bicyclic) bond motifs is 1. The molecular weight excluding hydrogens is 319 g/mol. The number of hydrogen-bond donors (Lipinski definition) is 1. The number of sulfonamides is 1. The molecule has 2 rings (SSSR count). The van der Waals surface area contributed by atoms with Crippen LogP contribution in [0.5, 0.6) is 0 Å². The number of nitrogens with zero attached hydrogens (tertiary/aromatic N) is 2. The molecule has 0 bridgehead atoms. The first-order valence-electron chi connectivity index (χ1n) is 5.40. The highest BCUT2D eigenvalue weighted by Gasteiger charge is 2.29. The van der Waals surface area contributed by atoms with E-state index in [1.54, 1.807) is 12.1 Å². The summed E-state index contributed by atoms with van der Waals surface area (Å²) in [7, 11) is -4.18. The van der Waals surface area contributed by atoms with Crippen LogP contribution in [0.15, 0.2) is 29.4 Å². The molecule has 0 saturated carbocycles. The molecule has 0 atom stereocenters. The predicted octanol–water partition coefficient (Wildman–Crippen LogP) is 2.22. The molecule has 0 radical (unpaired) electrons. The molecule has 1 N–H and O–H groups in total. The van der Waals surface area contributed by atoms with Gasteiger partial charge in [-0.15, -0.1) is 0 Å². The molecule has 0 aromatic carbocycles. The van der Waals surface area contributed by atoms with Crippen LogP contribution in [0, 0.1) is 0 Å². The number of pyridine rings is 1. The van der Waals surface area contributed by atoms with E-state index >= 15 is 0 Å². The number of halogens is 4. The lowest BCUT2D eigenvalue weighted by molar-refractivity contribution is -0.132. The van der Waals surface area contributed by atoms with Gasteiger partial charge >= 0.3 is 6.18 Å². The van der Waals surface area contributed by atoms with Gasteiger partial charge in [-0.3, -0.25) is 4.40 Å². The van der Waals surface area contributed by atoms with Gasteiger partial charge < -0.3 is 0 Å². The normalized spacial score (nSPS) is 13.0. The molecule has 2 aromatic heterocycles. The minimum absolute atomic E-state index is 0.286. The van der Waals surface area contributed by atoms with Crippen molar-refractivity contribution in [2.75, 3.05) is 6.54 Å². The fourth-order valence-electron chi connectivity index (χ4n) is 1.58. The van der Waals surface area contributed by atoms with Crippen LogP contribution in [-0.2, 0) is 10.0 Å². The zero-order chi connectivity index (χ0) is 15.0. The Morgan fingerprint density at radius 3 is 2.70 bits per heavy atom. The highest BCUT2D eigenvalue weighted by Crippen LogP contribution is 2.23. The number of aromatic nitrogens is 2. The predicted molar refractivity (Wildman–Crippen MR) is 66.1 cm³/mol. The summed E-state index contributed by atoms with van der Waals surface area (Å²) in [5.74, 6) is 0. The second kappa shape index (κ2) is 5.23. The van der Waals surface area contributed by atoms with Crippen molar-refractivity contribution in [2.45, 2.75) is 17.6 Å². The van der Waals surface area contributed by atoms with E-state index in [2.05, 4.69) is 4.98 Å². The van der Waals surface area contributed by atoms with E-state index in [1.165, 1.54) is 16.7 Å². The van der Waals surface area contributed by atoms with Crippen molar-refractivity contribution in [3.8, 4) is 0 Å². The van der Waals surface area contributed by atoms with E-state index < -0.39 is 29.2 Å². The Morgan fingerprint density at radius 2 is 2.05 bits per heavy atom. The van der Waals surface area contributed by atoms with Crippen molar-refractivity contribution >= 4 is 27.3 Å². The van der Waals surface area contributed by atoms with Crippen LogP contribution in [0.4, 0.5) is 13.2 Å². The highest BCUT2D eigenvalue weighted by atomic mass is 35.5. The monoisotopic (exact) mass is 327 g/mol. The molecule has 0 fully saturated rings. The SMILES string of the molecule is O=S(=O)(NCCC(F)(F)F)c1c(Cl)nc2ccccn12. The zero-order valence-corrected chi connectivity index (χ0v) is 11.4. The molecule has 0 amide bonds. The van der Waals surface area contributed by atoms with Gasteiger partial charge in [0.15, 0.2) is 10.2 Å². The molecule has 0 spiro atoms. The van der Waals surface area contributed by atoms with E-state index in [-0.39, 0.29) is 15.8 Å². The maximum absolute atomic E-state index is 12.0.